The van der Waals surface area contributed by atoms with Crippen LogP contribution in [0.5, 0.6) is 0 Å². The quantitative estimate of drug-likeness (QED) is 0.484. The van der Waals surface area contributed by atoms with Crippen molar-refractivity contribution in [2.45, 2.75) is 71.1 Å². The van der Waals surface area contributed by atoms with Crippen LogP contribution in [0, 0.1) is 40.4 Å². The lowest BCUT2D eigenvalue weighted by Gasteiger charge is -2.46. The topological polar surface area (TPSA) is 136 Å². The molecule has 2 aliphatic carbocycles. The van der Waals surface area contributed by atoms with Gasteiger partial charge in [0.1, 0.15) is 23.1 Å². The second-order valence-electron chi connectivity index (χ2n) is 11.0. The molecular formula is C28H35N7O2. The second-order valence-corrected chi connectivity index (χ2v) is 11.0. The molecule has 9 heteroatoms. The fourth-order valence-corrected chi connectivity index (χ4v) is 5.60. The number of anilines is 2. The Labute approximate surface area is 218 Å². The van der Waals surface area contributed by atoms with Crippen LogP contribution >= 0.6 is 0 Å². The van der Waals surface area contributed by atoms with E-state index < -0.39 is 5.60 Å². The van der Waals surface area contributed by atoms with Gasteiger partial charge >= 0.3 is 6.09 Å². The number of nitriles is 2. The molecule has 1 unspecified atom stereocenters. The highest BCUT2D eigenvalue weighted by Crippen LogP contribution is 2.43. The maximum atomic E-state index is 12.4. The molecule has 1 amide bonds. The van der Waals surface area contributed by atoms with Gasteiger partial charge in [0.05, 0.1) is 17.8 Å². The zero-order chi connectivity index (χ0) is 26.4. The molecule has 2 aliphatic rings. The highest BCUT2D eigenvalue weighted by molar-refractivity contribution is 5.68. The first-order valence-corrected chi connectivity index (χ1v) is 13.0. The summed E-state index contributed by atoms with van der Waals surface area (Å²) < 4.78 is 5.51. The molecular weight excluding hydrogens is 466 g/mol. The standard InChI is InChI=1S/C28H35N7O2/c1-28(2,3)37-27(36)34-24-19-9-6-10-20(24)12-18(11-19)15-31-25-23(14-30)17-33-26(35-25)32-16-22-8-5-4-7-21(22)13-29/h4-5,7-8,17-20,24H,6,9-12,15-16H2,1-3H3,(H,34,36)(H2,31,32,33,35)/t18?,19-,20+,24-. The van der Waals surface area contributed by atoms with E-state index in [0.717, 1.165) is 31.2 Å². The largest absolute Gasteiger partial charge is 0.444 e. The van der Waals surface area contributed by atoms with Crippen LogP contribution in [-0.2, 0) is 11.3 Å². The van der Waals surface area contributed by atoms with Crippen LogP contribution in [0.1, 0.15) is 69.6 Å². The van der Waals surface area contributed by atoms with E-state index in [4.69, 9.17) is 4.74 Å². The van der Waals surface area contributed by atoms with E-state index in [1.54, 1.807) is 6.07 Å². The molecule has 1 aromatic heterocycles. The lowest BCUT2D eigenvalue weighted by Crippen LogP contribution is -2.52. The number of carbonyl (C=O) groups excluding carboxylic acids is 1. The minimum atomic E-state index is -0.511. The number of alkyl carbamates (subject to hydrolysis) is 1. The summed E-state index contributed by atoms with van der Waals surface area (Å²) in [4.78, 5) is 21.2. The highest BCUT2D eigenvalue weighted by atomic mass is 16.6. The molecule has 2 fully saturated rings. The average molecular weight is 502 g/mol. The smallest absolute Gasteiger partial charge is 0.407 e. The van der Waals surface area contributed by atoms with E-state index in [2.05, 4.69) is 38.1 Å². The van der Waals surface area contributed by atoms with Crippen LogP contribution in [0.4, 0.5) is 16.6 Å². The molecule has 2 saturated carbocycles. The molecule has 2 bridgehead atoms. The summed E-state index contributed by atoms with van der Waals surface area (Å²) in [5.74, 6) is 2.17. The third-order valence-corrected chi connectivity index (χ3v) is 7.16. The molecule has 37 heavy (non-hydrogen) atoms. The number of carbonyl (C=O) groups is 1. The van der Waals surface area contributed by atoms with Crippen LogP contribution in [0.25, 0.3) is 0 Å². The van der Waals surface area contributed by atoms with Crippen LogP contribution in [0.2, 0.25) is 0 Å². The van der Waals surface area contributed by atoms with Gasteiger partial charge in [-0.1, -0.05) is 24.6 Å². The van der Waals surface area contributed by atoms with Crippen LogP contribution in [0.3, 0.4) is 0 Å². The minimum Gasteiger partial charge on any atom is -0.444 e. The molecule has 1 heterocycles. The lowest BCUT2D eigenvalue weighted by atomic mass is 9.64. The number of amides is 1. The summed E-state index contributed by atoms with van der Waals surface area (Å²) >= 11 is 0. The Balaban J connectivity index is 1.36. The summed E-state index contributed by atoms with van der Waals surface area (Å²) in [5.41, 5.74) is 1.34. The number of hydrogen-bond acceptors (Lipinski definition) is 8. The van der Waals surface area contributed by atoms with Gasteiger partial charge in [0.25, 0.3) is 0 Å². The Kier molecular flexibility index (Phi) is 8.13. The van der Waals surface area contributed by atoms with Crippen molar-refractivity contribution in [2.75, 3.05) is 17.2 Å². The van der Waals surface area contributed by atoms with Crippen molar-refractivity contribution in [1.29, 1.82) is 10.5 Å². The summed E-state index contributed by atoms with van der Waals surface area (Å²) in [6, 6.07) is 11.9. The predicted octanol–water partition coefficient (Wildman–Crippen LogP) is 4.96. The molecule has 4 rings (SSSR count). The van der Waals surface area contributed by atoms with Gasteiger partial charge in [0, 0.05) is 19.1 Å². The Morgan fingerprint density at radius 1 is 1.08 bits per heavy atom. The van der Waals surface area contributed by atoms with Crippen molar-refractivity contribution in [2.24, 2.45) is 17.8 Å². The predicted molar refractivity (Wildman–Crippen MR) is 140 cm³/mol. The zero-order valence-electron chi connectivity index (χ0n) is 21.8. The first-order valence-electron chi connectivity index (χ1n) is 13.0. The van der Waals surface area contributed by atoms with Gasteiger partial charge in [-0.05, 0) is 75.8 Å². The highest BCUT2D eigenvalue weighted by Gasteiger charge is 2.41. The number of nitrogens with one attached hydrogen (secondary N) is 3. The van der Waals surface area contributed by atoms with Crippen molar-refractivity contribution < 1.29 is 9.53 Å². The first kappa shape index (κ1) is 26.2. The third kappa shape index (κ3) is 6.89. The van der Waals surface area contributed by atoms with Gasteiger partial charge in [0.2, 0.25) is 5.95 Å². The number of ether oxygens (including phenoxy) is 1. The van der Waals surface area contributed by atoms with Gasteiger partial charge < -0.3 is 20.7 Å². The van der Waals surface area contributed by atoms with E-state index in [0.29, 0.717) is 53.7 Å². The van der Waals surface area contributed by atoms with E-state index in [1.807, 2.05) is 39.0 Å². The van der Waals surface area contributed by atoms with E-state index in [-0.39, 0.29) is 12.1 Å². The summed E-state index contributed by atoms with van der Waals surface area (Å²) in [6.07, 6.45) is 6.59. The van der Waals surface area contributed by atoms with Crippen molar-refractivity contribution in [1.82, 2.24) is 15.3 Å². The Hall–Kier alpha value is -3.85. The number of aromatic nitrogens is 2. The van der Waals surface area contributed by atoms with E-state index >= 15 is 0 Å². The molecule has 0 saturated heterocycles. The molecule has 1 aromatic carbocycles. The van der Waals surface area contributed by atoms with Crippen molar-refractivity contribution in [3.63, 3.8) is 0 Å². The molecule has 0 aliphatic heterocycles. The zero-order valence-corrected chi connectivity index (χ0v) is 21.8. The molecule has 194 valence electrons. The normalized spacial score (nSPS) is 22.7. The van der Waals surface area contributed by atoms with E-state index in [1.165, 1.54) is 12.6 Å². The van der Waals surface area contributed by atoms with Gasteiger partial charge in [-0.25, -0.2) is 9.78 Å². The fraction of sp³-hybridized carbons (Fsp3) is 0.536. The second kappa shape index (κ2) is 11.5. The number of benzene rings is 1. The Bertz CT molecular complexity index is 1180. The van der Waals surface area contributed by atoms with Crippen LogP contribution in [0.15, 0.2) is 30.5 Å². The van der Waals surface area contributed by atoms with Crippen molar-refractivity contribution in [3.05, 3.63) is 47.2 Å². The van der Waals surface area contributed by atoms with Gasteiger partial charge in [-0.3, -0.25) is 0 Å². The summed E-state index contributed by atoms with van der Waals surface area (Å²) in [6.45, 7) is 6.75. The lowest BCUT2D eigenvalue weighted by molar-refractivity contribution is 0.0324. The van der Waals surface area contributed by atoms with Gasteiger partial charge in [-0.15, -0.1) is 0 Å². The number of hydrogen-bond donors (Lipinski definition) is 3. The minimum absolute atomic E-state index is 0.153. The van der Waals surface area contributed by atoms with Crippen LogP contribution < -0.4 is 16.0 Å². The van der Waals surface area contributed by atoms with Gasteiger partial charge in [0.15, 0.2) is 0 Å². The SMILES string of the molecule is CC(C)(C)OC(=O)N[C@@H]1[C@@H]2CCC[C@H]1CC(CNc1nc(NCc3ccccc3C#N)ncc1C#N)C2. The van der Waals surface area contributed by atoms with Crippen LogP contribution in [-0.4, -0.2) is 34.2 Å². The fourth-order valence-electron chi connectivity index (χ4n) is 5.60. The number of nitrogens with zero attached hydrogens (tertiary/aromatic N) is 4. The van der Waals surface area contributed by atoms with Gasteiger partial charge in [-0.2, -0.15) is 15.5 Å². The molecule has 2 aromatic rings. The maximum absolute atomic E-state index is 12.4. The molecule has 0 spiro atoms. The monoisotopic (exact) mass is 501 g/mol. The van der Waals surface area contributed by atoms with E-state index in [9.17, 15) is 15.3 Å². The molecule has 4 atom stereocenters. The third-order valence-electron chi connectivity index (χ3n) is 7.16. The Morgan fingerprint density at radius 2 is 1.78 bits per heavy atom. The molecule has 9 nitrogen and oxygen atoms in total. The molecule has 3 N–H and O–H groups in total. The van der Waals surface area contributed by atoms with Crippen molar-refractivity contribution in [3.8, 4) is 12.1 Å². The first-order chi connectivity index (χ1) is 17.8. The van der Waals surface area contributed by atoms with Crippen molar-refractivity contribution >= 4 is 17.9 Å². The summed E-state index contributed by atoms with van der Waals surface area (Å²) in [5, 5.41) is 28.6. The summed E-state index contributed by atoms with van der Waals surface area (Å²) in [7, 11) is 0. The Morgan fingerprint density at radius 3 is 2.46 bits per heavy atom. The molecule has 0 radical (unpaired) electrons. The average Bonchev–Trinajstić information content (AvgIpc) is 2.85. The maximum Gasteiger partial charge on any atom is 0.407 e. The number of fused-ring (bicyclic) bond motifs is 2. The number of rotatable bonds is 7.